The molecule has 2 aromatic heterocycles. The van der Waals surface area contributed by atoms with Crippen molar-refractivity contribution in [2.24, 2.45) is 5.92 Å². The summed E-state index contributed by atoms with van der Waals surface area (Å²) in [5.74, 6) is 1.31. The van der Waals surface area contributed by atoms with Gasteiger partial charge in [-0.2, -0.15) is 4.98 Å². The van der Waals surface area contributed by atoms with Gasteiger partial charge in [-0.25, -0.2) is 9.78 Å². The van der Waals surface area contributed by atoms with E-state index in [4.69, 9.17) is 9.15 Å². The van der Waals surface area contributed by atoms with Crippen molar-refractivity contribution >= 4 is 33.3 Å². The molecular formula is C18H24BrN3O3. The van der Waals surface area contributed by atoms with Crippen molar-refractivity contribution in [1.29, 1.82) is 0 Å². The number of pyridine rings is 1. The monoisotopic (exact) mass is 409 g/mol. The number of aromatic nitrogens is 2. The minimum Gasteiger partial charge on any atom is -0.444 e. The highest BCUT2D eigenvalue weighted by molar-refractivity contribution is 9.10. The van der Waals surface area contributed by atoms with Crippen LogP contribution in [0.25, 0.3) is 11.2 Å². The first-order valence-electron chi connectivity index (χ1n) is 8.69. The number of ether oxygens (including phenoxy) is 1. The van der Waals surface area contributed by atoms with E-state index in [0.717, 1.165) is 49.1 Å². The molecule has 3 heterocycles. The summed E-state index contributed by atoms with van der Waals surface area (Å²) in [6, 6.07) is 1.89. The number of oxazole rings is 1. The lowest BCUT2D eigenvalue weighted by molar-refractivity contribution is 0.0180. The number of rotatable bonds is 3. The van der Waals surface area contributed by atoms with E-state index in [1.54, 1.807) is 6.20 Å². The van der Waals surface area contributed by atoms with Gasteiger partial charge >= 0.3 is 6.09 Å². The van der Waals surface area contributed by atoms with E-state index in [1.165, 1.54) is 0 Å². The number of fused-ring (bicyclic) bond motifs is 1. The van der Waals surface area contributed by atoms with Crippen LogP contribution < -0.4 is 0 Å². The summed E-state index contributed by atoms with van der Waals surface area (Å²) in [6.45, 7) is 7.19. The molecule has 1 aliphatic rings. The molecule has 1 aliphatic heterocycles. The lowest BCUT2D eigenvalue weighted by Gasteiger charge is -2.33. The Labute approximate surface area is 156 Å². The number of aryl methyl sites for hydroxylation is 1. The van der Waals surface area contributed by atoms with E-state index < -0.39 is 5.60 Å². The van der Waals surface area contributed by atoms with Crippen molar-refractivity contribution in [3.05, 3.63) is 22.6 Å². The van der Waals surface area contributed by atoms with Crippen molar-refractivity contribution in [1.82, 2.24) is 14.9 Å². The molecule has 136 valence electrons. The molecule has 0 atom stereocenters. The van der Waals surface area contributed by atoms with Crippen LogP contribution in [0.15, 0.2) is 21.2 Å². The summed E-state index contributed by atoms with van der Waals surface area (Å²) >= 11 is 3.39. The summed E-state index contributed by atoms with van der Waals surface area (Å²) < 4.78 is 12.1. The lowest BCUT2D eigenvalue weighted by atomic mass is 9.92. The molecule has 0 bridgehead atoms. The Balaban J connectivity index is 1.48. The van der Waals surface area contributed by atoms with Crippen LogP contribution in [-0.2, 0) is 11.2 Å². The largest absolute Gasteiger partial charge is 0.444 e. The molecule has 1 fully saturated rings. The molecule has 0 aliphatic carbocycles. The summed E-state index contributed by atoms with van der Waals surface area (Å²) in [5.41, 5.74) is 0.922. The highest BCUT2D eigenvalue weighted by atomic mass is 79.9. The topological polar surface area (TPSA) is 68.5 Å². The number of hydrogen-bond acceptors (Lipinski definition) is 5. The van der Waals surface area contributed by atoms with E-state index in [2.05, 4.69) is 25.9 Å². The molecule has 0 spiro atoms. The van der Waals surface area contributed by atoms with Crippen molar-refractivity contribution in [3.63, 3.8) is 0 Å². The normalized spacial score (nSPS) is 16.4. The molecular weight excluding hydrogens is 386 g/mol. The fraction of sp³-hybridized carbons (Fsp3) is 0.611. The highest BCUT2D eigenvalue weighted by Gasteiger charge is 2.27. The number of carbonyl (C=O) groups excluding carboxylic acids is 1. The van der Waals surface area contributed by atoms with Crippen LogP contribution in [-0.4, -0.2) is 39.7 Å². The second kappa shape index (κ2) is 7.32. The van der Waals surface area contributed by atoms with Crippen LogP contribution in [0.1, 0.15) is 45.9 Å². The van der Waals surface area contributed by atoms with Gasteiger partial charge in [-0.3, -0.25) is 0 Å². The molecule has 1 saturated heterocycles. The third-order valence-electron chi connectivity index (χ3n) is 4.29. The number of piperidine rings is 1. The van der Waals surface area contributed by atoms with Gasteiger partial charge in [0.15, 0.2) is 17.1 Å². The number of likely N-dealkylation sites (tertiary alicyclic amines) is 1. The number of carbonyl (C=O) groups is 1. The first kappa shape index (κ1) is 18.2. The van der Waals surface area contributed by atoms with E-state index in [0.29, 0.717) is 17.1 Å². The maximum Gasteiger partial charge on any atom is 0.410 e. The highest BCUT2D eigenvalue weighted by Crippen LogP contribution is 2.25. The van der Waals surface area contributed by atoms with E-state index in [9.17, 15) is 4.79 Å². The number of nitrogens with zero attached hydrogens (tertiary/aromatic N) is 3. The Morgan fingerprint density at radius 1 is 1.40 bits per heavy atom. The van der Waals surface area contributed by atoms with Gasteiger partial charge in [0.2, 0.25) is 0 Å². The summed E-state index contributed by atoms with van der Waals surface area (Å²) in [4.78, 5) is 22.6. The van der Waals surface area contributed by atoms with Crippen molar-refractivity contribution in [2.45, 2.75) is 52.1 Å². The van der Waals surface area contributed by atoms with Crippen molar-refractivity contribution in [3.8, 4) is 0 Å². The first-order chi connectivity index (χ1) is 11.8. The molecule has 2 aromatic rings. The zero-order valence-electron chi connectivity index (χ0n) is 14.9. The maximum absolute atomic E-state index is 12.1. The smallest absolute Gasteiger partial charge is 0.410 e. The Morgan fingerprint density at radius 2 is 2.12 bits per heavy atom. The average molecular weight is 410 g/mol. The van der Waals surface area contributed by atoms with Gasteiger partial charge in [-0.05, 0) is 61.9 Å². The molecule has 0 aromatic carbocycles. The zero-order valence-corrected chi connectivity index (χ0v) is 16.5. The Morgan fingerprint density at radius 3 is 2.80 bits per heavy atom. The Hall–Kier alpha value is -1.63. The second-order valence-corrected chi connectivity index (χ2v) is 8.45. The third kappa shape index (κ3) is 4.93. The van der Waals surface area contributed by atoms with E-state index >= 15 is 0 Å². The quantitative estimate of drug-likeness (QED) is 0.742. The first-order valence-corrected chi connectivity index (χ1v) is 9.48. The fourth-order valence-electron chi connectivity index (χ4n) is 3.01. The molecule has 1 amide bonds. The molecule has 25 heavy (non-hydrogen) atoms. The standard InChI is InChI=1S/C18H24BrN3O3/c1-18(2,3)25-17(23)22-8-6-12(7-9-22)4-5-15-21-16-14(24-15)10-13(19)11-20-16/h10-12H,4-9H2,1-3H3. The fourth-order valence-corrected chi connectivity index (χ4v) is 3.32. The van der Waals surface area contributed by atoms with Gasteiger partial charge in [0.05, 0.1) is 0 Å². The third-order valence-corrected chi connectivity index (χ3v) is 4.72. The van der Waals surface area contributed by atoms with Crippen LogP contribution in [0.2, 0.25) is 0 Å². The predicted molar refractivity (Wildman–Crippen MR) is 98.4 cm³/mol. The van der Waals surface area contributed by atoms with Crippen LogP contribution in [0, 0.1) is 5.92 Å². The molecule has 3 rings (SSSR count). The van der Waals surface area contributed by atoms with Gasteiger partial charge in [0, 0.05) is 36.2 Å². The van der Waals surface area contributed by atoms with Crippen LogP contribution in [0.5, 0.6) is 0 Å². The van der Waals surface area contributed by atoms with Gasteiger partial charge in [0.25, 0.3) is 0 Å². The number of amides is 1. The predicted octanol–water partition coefficient (Wildman–Crippen LogP) is 4.57. The lowest BCUT2D eigenvalue weighted by Crippen LogP contribution is -2.41. The van der Waals surface area contributed by atoms with E-state index in [-0.39, 0.29) is 6.09 Å². The molecule has 0 unspecified atom stereocenters. The summed E-state index contributed by atoms with van der Waals surface area (Å²) in [6.07, 6.45) is 5.30. The minimum absolute atomic E-state index is 0.207. The average Bonchev–Trinajstić information content (AvgIpc) is 2.93. The van der Waals surface area contributed by atoms with E-state index in [1.807, 2.05) is 31.7 Å². The van der Waals surface area contributed by atoms with Crippen LogP contribution in [0.4, 0.5) is 4.79 Å². The number of hydrogen-bond donors (Lipinski definition) is 0. The molecule has 6 nitrogen and oxygen atoms in total. The van der Waals surface area contributed by atoms with Gasteiger partial charge < -0.3 is 14.1 Å². The van der Waals surface area contributed by atoms with Crippen LogP contribution >= 0.6 is 15.9 Å². The molecule has 0 saturated carbocycles. The maximum atomic E-state index is 12.1. The Bertz CT molecular complexity index is 746. The minimum atomic E-state index is -0.441. The Kier molecular flexibility index (Phi) is 5.32. The van der Waals surface area contributed by atoms with Crippen LogP contribution in [0.3, 0.4) is 0 Å². The molecule has 7 heteroatoms. The number of halogens is 1. The van der Waals surface area contributed by atoms with Crippen molar-refractivity contribution < 1.29 is 13.9 Å². The summed E-state index contributed by atoms with van der Waals surface area (Å²) in [7, 11) is 0. The SMILES string of the molecule is CC(C)(C)OC(=O)N1CCC(CCc2nc3ncc(Br)cc3o2)CC1. The molecule has 0 radical (unpaired) electrons. The van der Waals surface area contributed by atoms with Gasteiger partial charge in [-0.1, -0.05) is 0 Å². The van der Waals surface area contributed by atoms with Gasteiger partial charge in [0.1, 0.15) is 5.60 Å². The van der Waals surface area contributed by atoms with Crippen molar-refractivity contribution in [2.75, 3.05) is 13.1 Å². The second-order valence-electron chi connectivity index (χ2n) is 7.53. The van der Waals surface area contributed by atoms with Gasteiger partial charge in [-0.15, -0.1) is 0 Å². The molecule has 0 N–H and O–H groups in total. The summed E-state index contributed by atoms with van der Waals surface area (Å²) in [5, 5.41) is 0. The zero-order chi connectivity index (χ0) is 18.0.